The summed E-state index contributed by atoms with van der Waals surface area (Å²) in [5, 5.41) is 4.51. The minimum absolute atomic E-state index is 0.196. The maximum Gasteiger partial charge on any atom is 0.178 e. The maximum absolute atomic E-state index is 12.3. The van der Waals surface area contributed by atoms with Gasteiger partial charge in [0.05, 0.1) is 17.7 Å². The molecule has 2 aliphatic carbocycles. The molecule has 116 valence electrons. The van der Waals surface area contributed by atoms with Crippen LogP contribution in [0.4, 0.5) is 10.7 Å². The van der Waals surface area contributed by atoms with Gasteiger partial charge in [-0.15, -0.1) is 11.3 Å². The molecule has 21 heavy (non-hydrogen) atoms. The highest BCUT2D eigenvalue weighted by atomic mass is 32.1. The molecule has 5 heteroatoms. The topological polar surface area (TPSA) is 64.3 Å². The normalized spacial score (nSPS) is 20.0. The first-order valence-electron chi connectivity index (χ1n) is 7.97. The Morgan fingerprint density at radius 1 is 1.19 bits per heavy atom. The number of thiophene rings is 1. The van der Waals surface area contributed by atoms with E-state index in [1.54, 1.807) is 7.11 Å². The van der Waals surface area contributed by atoms with E-state index >= 15 is 0 Å². The number of rotatable bonds is 5. The van der Waals surface area contributed by atoms with Crippen LogP contribution in [-0.2, 0) is 0 Å². The molecule has 2 fully saturated rings. The number of carbonyl (C=O) groups excluding carboxylic acids is 1. The second-order valence-corrected chi connectivity index (χ2v) is 7.20. The number of Topliss-reactive ketones (excluding diaryl/α,β-unsaturated/α-hetero) is 1. The number of carbonyl (C=O) groups is 1. The van der Waals surface area contributed by atoms with E-state index in [1.165, 1.54) is 49.9 Å². The molecular weight excluding hydrogens is 284 g/mol. The molecule has 3 N–H and O–H groups in total. The van der Waals surface area contributed by atoms with Crippen LogP contribution in [0.1, 0.15) is 61.0 Å². The zero-order valence-corrected chi connectivity index (χ0v) is 13.4. The Hall–Kier alpha value is -1.23. The summed E-state index contributed by atoms with van der Waals surface area (Å²) in [7, 11) is 1.63. The van der Waals surface area contributed by atoms with Gasteiger partial charge in [0.15, 0.2) is 11.5 Å². The fraction of sp³-hybridized carbons (Fsp3) is 0.688. The van der Waals surface area contributed by atoms with Gasteiger partial charge in [0, 0.05) is 12.0 Å². The average Bonchev–Trinajstić information content (AvgIpc) is 3.28. The second-order valence-electron chi connectivity index (χ2n) is 6.18. The van der Waals surface area contributed by atoms with Gasteiger partial charge >= 0.3 is 0 Å². The Balaban J connectivity index is 1.79. The summed E-state index contributed by atoms with van der Waals surface area (Å²) in [6.07, 6.45) is 9.58. The third-order valence-corrected chi connectivity index (χ3v) is 5.60. The van der Waals surface area contributed by atoms with Gasteiger partial charge in [-0.25, -0.2) is 0 Å². The lowest BCUT2D eigenvalue weighted by Gasteiger charge is -2.17. The molecule has 0 amide bonds. The number of anilines is 2. The zero-order chi connectivity index (χ0) is 14.8. The van der Waals surface area contributed by atoms with Crippen molar-refractivity contribution in [1.82, 2.24) is 0 Å². The van der Waals surface area contributed by atoms with Gasteiger partial charge in [-0.2, -0.15) is 0 Å². The second kappa shape index (κ2) is 6.26. The summed E-state index contributed by atoms with van der Waals surface area (Å²) in [6, 6.07) is 0.475. The molecule has 0 atom stereocenters. The molecule has 0 aromatic carbocycles. The Bertz CT molecular complexity index is 515. The smallest absolute Gasteiger partial charge is 0.178 e. The highest BCUT2D eigenvalue weighted by Crippen LogP contribution is 2.46. The van der Waals surface area contributed by atoms with Crippen molar-refractivity contribution in [2.45, 2.75) is 57.4 Å². The summed E-state index contributed by atoms with van der Waals surface area (Å²) < 4.78 is 5.45. The molecule has 0 bridgehead atoms. The lowest BCUT2D eigenvalue weighted by molar-refractivity contribution is 0.0972. The van der Waals surface area contributed by atoms with Gasteiger partial charge in [-0.05, 0) is 25.7 Å². The Morgan fingerprint density at radius 3 is 2.43 bits per heavy atom. The summed E-state index contributed by atoms with van der Waals surface area (Å²) in [5.74, 6) is 1.05. The average molecular weight is 308 g/mol. The first-order valence-corrected chi connectivity index (χ1v) is 8.79. The fourth-order valence-electron chi connectivity index (χ4n) is 3.05. The van der Waals surface area contributed by atoms with Gasteiger partial charge in [0.2, 0.25) is 0 Å². The fourth-order valence-corrected chi connectivity index (χ4v) is 4.24. The third kappa shape index (κ3) is 3.18. The van der Waals surface area contributed by atoms with Crippen molar-refractivity contribution >= 4 is 27.8 Å². The van der Waals surface area contributed by atoms with E-state index in [1.807, 2.05) is 0 Å². The van der Waals surface area contributed by atoms with Gasteiger partial charge in [-0.3, -0.25) is 4.79 Å². The first-order chi connectivity index (χ1) is 10.2. The summed E-state index contributed by atoms with van der Waals surface area (Å²) in [6.45, 7) is 0. The molecule has 1 heterocycles. The highest BCUT2D eigenvalue weighted by Gasteiger charge is 2.34. The van der Waals surface area contributed by atoms with Crippen LogP contribution >= 0.6 is 11.3 Å². The Morgan fingerprint density at radius 2 is 1.86 bits per heavy atom. The number of hydrogen-bond donors (Lipinski definition) is 2. The van der Waals surface area contributed by atoms with Crippen LogP contribution < -0.4 is 15.8 Å². The minimum Gasteiger partial charge on any atom is -0.492 e. The van der Waals surface area contributed by atoms with Crippen LogP contribution in [0.25, 0.3) is 0 Å². The number of methoxy groups -OCH3 is 1. The summed E-state index contributed by atoms with van der Waals surface area (Å²) in [5.41, 5.74) is 6.67. The summed E-state index contributed by atoms with van der Waals surface area (Å²) in [4.78, 5) is 13.0. The largest absolute Gasteiger partial charge is 0.492 e. The quantitative estimate of drug-likeness (QED) is 0.636. The standard InChI is InChI=1S/C16H24N2O2S/c1-20-14-12(17)15(13(19)10-8-9-10)21-16(14)18-11-6-4-2-3-5-7-11/h10-11,18H,2-9,17H2,1H3. The van der Waals surface area contributed by atoms with E-state index in [0.29, 0.717) is 22.4 Å². The molecule has 0 aliphatic heterocycles. The number of ketones is 1. The molecule has 0 radical (unpaired) electrons. The van der Waals surface area contributed by atoms with Crippen LogP contribution in [0.3, 0.4) is 0 Å². The monoisotopic (exact) mass is 308 g/mol. The van der Waals surface area contributed by atoms with Gasteiger partial charge in [-0.1, -0.05) is 25.7 Å². The molecule has 4 nitrogen and oxygen atoms in total. The molecule has 1 aromatic rings. The third-order valence-electron chi connectivity index (χ3n) is 4.47. The lowest BCUT2D eigenvalue weighted by atomic mass is 10.1. The first kappa shape index (κ1) is 14.7. The van der Waals surface area contributed by atoms with Crippen molar-refractivity contribution in [1.29, 1.82) is 0 Å². The van der Waals surface area contributed by atoms with Crippen molar-refractivity contribution in [3.63, 3.8) is 0 Å². The summed E-state index contributed by atoms with van der Waals surface area (Å²) >= 11 is 1.48. The molecule has 0 spiro atoms. The molecule has 3 rings (SSSR count). The van der Waals surface area contributed by atoms with Crippen molar-refractivity contribution < 1.29 is 9.53 Å². The van der Waals surface area contributed by atoms with E-state index in [0.717, 1.165) is 17.8 Å². The van der Waals surface area contributed by atoms with Gasteiger partial charge in [0.25, 0.3) is 0 Å². The number of ether oxygens (including phenoxy) is 1. The SMILES string of the molecule is COc1c(NC2CCCCCC2)sc(C(=O)C2CC2)c1N. The zero-order valence-electron chi connectivity index (χ0n) is 12.6. The van der Waals surface area contributed by atoms with Crippen LogP contribution in [0.15, 0.2) is 0 Å². The highest BCUT2D eigenvalue weighted by molar-refractivity contribution is 7.19. The number of nitrogen functional groups attached to an aromatic ring is 1. The predicted octanol–water partition coefficient (Wildman–Crippen LogP) is 4.07. The van der Waals surface area contributed by atoms with Crippen LogP contribution in [-0.4, -0.2) is 18.9 Å². The molecule has 2 saturated carbocycles. The van der Waals surface area contributed by atoms with Crippen LogP contribution in [0, 0.1) is 5.92 Å². The predicted molar refractivity (Wildman–Crippen MR) is 87.5 cm³/mol. The van der Waals surface area contributed by atoms with Crippen molar-refractivity contribution in [2.75, 3.05) is 18.2 Å². The molecule has 0 saturated heterocycles. The van der Waals surface area contributed by atoms with Crippen molar-refractivity contribution in [3.05, 3.63) is 4.88 Å². The number of nitrogens with two attached hydrogens (primary N) is 1. The minimum atomic E-state index is 0.196. The van der Waals surface area contributed by atoms with Gasteiger partial charge < -0.3 is 15.8 Å². The van der Waals surface area contributed by atoms with E-state index < -0.39 is 0 Å². The van der Waals surface area contributed by atoms with Crippen LogP contribution in [0.5, 0.6) is 5.75 Å². The Kier molecular flexibility index (Phi) is 4.38. The van der Waals surface area contributed by atoms with Gasteiger partial charge in [0.1, 0.15) is 5.00 Å². The van der Waals surface area contributed by atoms with E-state index in [2.05, 4.69) is 5.32 Å². The maximum atomic E-state index is 12.3. The number of hydrogen-bond acceptors (Lipinski definition) is 5. The molecule has 2 aliphatic rings. The molecule has 1 aromatic heterocycles. The van der Waals surface area contributed by atoms with Crippen molar-refractivity contribution in [2.24, 2.45) is 5.92 Å². The van der Waals surface area contributed by atoms with E-state index in [-0.39, 0.29) is 11.7 Å². The lowest BCUT2D eigenvalue weighted by Crippen LogP contribution is -2.17. The molecule has 0 unspecified atom stereocenters. The van der Waals surface area contributed by atoms with Crippen LogP contribution in [0.2, 0.25) is 0 Å². The van der Waals surface area contributed by atoms with E-state index in [4.69, 9.17) is 10.5 Å². The van der Waals surface area contributed by atoms with E-state index in [9.17, 15) is 4.79 Å². The Labute approximate surface area is 130 Å². The molecular formula is C16H24N2O2S. The number of nitrogens with one attached hydrogen (secondary N) is 1. The van der Waals surface area contributed by atoms with Crippen molar-refractivity contribution in [3.8, 4) is 5.75 Å².